The molecule has 1 heterocycles. The molecule has 24 heavy (non-hydrogen) atoms. The number of amides is 2. The van der Waals surface area contributed by atoms with Crippen LogP contribution in [0.5, 0.6) is 0 Å². The second-order valence-corrected chi connectivity index (χ2v) is 5.36. The maximum absolute atomic E-state index is 13.1. The van der Waals surface area contributed by atoms with Crippen molar-refractivity contribution in [1.82, 2.24) is 15.1 Å². The second kappa shape index (κ2) is 6.49. The average molecular weight is 326 g/mol. The van der Waals surface area contributed by atoms with Crippen molar-refractivity contribution in [3.63, 3.8) is 0 Å². The van der Waals surface area contributed by atoms with E-state index in [4.69, 9.17) is 0 Å². The van der Waals surface area contributed by atoms with Gasteiger partial charge in [-0.3, -0.25) is 14.7 Å². The van der Waals surface area contributed by atoms with E-state index < -0.39 is 11.7 Å². The van der Waals surface area contributed by atoms with Gasteiger partial charge in [-0.15, -0.1) is 0 Å². The Morgan fingerprint density at radius 2 is 2.04 bits per heavy atom. The van der Waals surface area contributed by atoms with Crippen molar-refractivity contribution in [1.29, 1.82) is 0 Å². The summed E-state index contributed by atoms with van der Waals surface area (Å²) < 4.78 is 13.1. The van der Waals surface area contributed by atoms with Gasteiger partial charge in [0.2, 0.25) is 5.91 Å². The topological polar surface area (TPSA) is 78.1 Å². The quantitative estimate of drug-likeness (QED) is 0.773. The molecule has 3 rings (SSSR count). The van der Waals surface area contributed by atoms with Gasteiger partial charge < -0.3 is 10.2 Å². The summed E-state index contributed by atoms with van der Waals surface area (Å²) in [5, 5.41) is 10.1. The van der Waals surface area contributed by atoms with Crippen molar-refractivity contribution in [2.75, 3.05) is 18.9 Å². The number of halogens is 1. The molecule has 2 N–H and O–H groups in total. The molecular formula is C17H15FN4O2. The van der Waals surface area contributed by atoms with Crippen molar-refractivity contribution in [2.45, 2.75) is 0 Å². The number of nitrogens with zero attached hydrogens (tertiary/aromatic N) is 2. The van der Waals surface area contributed by atoms with Crippen LogP contribution < -0.4 is 5.32 Å². The first-order valence-corrected chi connectivity index (χ1v) is 7.27. The number of carbonyl (C=O) groups is 2. The third-order valence-corrected chi connectivity index (χ3v) is 3.54. The van der Waals surface area contributed by atoms with Gasteiger partial charge in [-0.25, -0.2) is 4.39 Å². The maximum Gasteiger partial charge on any atom is 0.256 e. The Labute approximate surface area is 137 Å². The number of hydrogen-bond acceptors (Lipinski definition) is 3. The Morgan fingerprint density at radius 1 is 1.25 bits per heavy atom. The average Bonchev–Trinajstić information content (AvgIpc) is 3.02. The number of rotatable bonds is 4. The number of hydrogen-bond donors (Lipinski definition) is 2. The summed E-state index contributed by atoms with van der Waals surface area (Å²) in [7, 11) is 1.53. The minimum atomic E-state index is -0.442. The number of aromatic nitrogens is 2. The van der Waals surface area contributed by atoms with Crippen LogP contribution in [0.2, 0.25) is 0 Å². The maximum atomic E-state index is 13.1. The van der Waals surface area contributed by atoms with E-state index >= 15 is 0 Å². The van der Waals surface area contributed by atoms with E-state index in [1.54, 1.807) is 24.4 Å². The van der Waals surface area contributed by atoms with Crippen LogP contribution in [0.15, 0.2) is 48.7 Å². The van der Waals surface area contributed by atoms with Crippen LogP contribution in [0.25, 0.3) is 10.9 Å². The molecule has 7 heteroatoms. The van der Waals surface area contributed by atoms with Gasteiger partial charge in [-0.05, 0) is 24.3 Å². The number of aromatic amines is 1. The molecule has 0 aliphatic rings. The number of benzene rings is 2. The zero-order valence-electron chi connectivity index (χ0n) is 12.9. The van der Waals surface area contributed by atoms with Crippen LogP contribution in [-0.4, -0.2) is 40.5 Å². The number of fused-ring (bicyclic) bond motifs is 1. The van der Waals surface area contributed by atoms with E-state index in [9.17, 15) is 14.0 Å². The first-order valence-electron chi connectivity index (χ1n) is 7.27. The molecule has 0 saturated carbocycles. The van der Waals surface area contributed by atoms with Crippen molar-refractivity contribution < 1.29 is 14.0 Å². The largest absolute Gasteiger partial charge is 0.332 e. The Hall–Kier alpha value is -3.22. The summed E-state index contributed by atoms with van der Waals surface area (Å²) in [5.41, 5.74) is 1.41. The molecule has 122 valence electrons. The van der Waals surface area contributed by atoms with E-state index in [0.717, 1.165) is 5.39 Å². The fourth-order valence-electron chi connectivity index (χ4n) is 2.41. The van der Waals surface area contributed by atoms with Gasteiger partial charge in [-0.1, -0.05) is 18.2 Å². The van der Waals surface area contributed by atoms with Crippen molar-refractivity contribution >= 4 is 28.4 Å². The third kappa shape index (κ3) is 3.24. The minimum Gasteiger partial charge on any atom is -0.332 e. The first-order chi connectivity index (χ1) is 11.5. The lowest BCUT2D eigenvalue weighted by Crippen LogP contribution is -2.35. The summed E-state index contributed by atoms with van der Waals surface area (Å²) in [6.07, 6.45) is 1.63. The number of likely N-dealkylation sites (N-methyl/N-ethyl adjacent to an activating group) is 1. The molecule has 3 aromatic rings. The molecule has 0 radical (unpaired) electrons. The Balaban J connectivity index is 1.70. The molecule has 6 nitrogen and oxygen atoms in total. The van der Waals surface area contributed by atoms with Crippen LogP contribution in [0.1, 0.15) is 10.4 Å². The van der Waals surface area contributed by atoms with Gasteiger partial charge in [0.05, 0.1) is 23.8 Å². The highest BCUT2D eigenvalue weighted by molar-refractivity contribution is 6.06. The summed E-state index contributed by atoms with van der Waals surface area (Å²) >= 11 is 0. The molecule has 0 spiro atoms. The SMILES string of the molecule is CN(CC(=O)Nc1cccc(F)c1)C(=O)c1cccc2cn[nH]c12. The number of para-hydroxylation sites is 1. The molecule has 2 aromatic carbocycles. The highest BCUT2D eigenvalue weighted by Crippen LogP contribution is 2.17. The van der Waals surface area contributed by atoms with E-state index in [1.165, 1.54) is 30.1 Å². The standard InChI is InChI=1S/C17H15FN4O2/c1-22(10-15(23)20-13-6-3-5-12(18)8-13)17(24)14-7-2-4-11-9-19-21-16(11)14/h2-9H,10H2,1H3,(H,19,21)(H,20,23). The van der Waals surface area contributed by atoms with Crippen LogP contribution in [0.4, 0.5) is 10.1 Å². The Kier molecular flexibility index (Phi) is 4.24. The zero-order valence-corrected chi connectivity index (χ0v) is 12.9. The molecule has 0 unspecified atom stereocenters. The Bertz CT molecular complexity index is 906. The van der Waals surface area contributed by atoms with Gasteiger partial charge in [0.15, 0.2) is 0 Å². The molecule has 0 fully saturated rings. The van der Waals surface area contributed by atoms with Crippen LogP contribution in [-0.2, 0) is 4.79 Å². The number of carbonyl (C=O) groups excluding carboxylic acids is 2. The van der Waals surface area contributed by atoms with E-state index in [2.05, 4.69) is 15.5 Å². The molecule has 1 aromatic heterocycles. The molecule has 2 amide bonds. The number of nitrogens with one attached hydrogen (secondary N) is 2. The smallest absolute Gasteiger partial charge is 0.256 e. The monoisotopic (exact) mass is 326 g/mol. The van der Waals surface area contributed by atoms with E-state index in [1.807, 2.05) is 6.07 Å². The molecule has 0 saturated heterocycles. The number of anilines is 1. The van der Waals surface area contributed by atoms with Gasteiger partial charge in [-0.2, -0.15) is 5.10 Å². The lowest BCUT2D eigenvalue weighted by atomic mass is 10.1. The lowest BCUT2D eigenvalue weighted by molar-refractivity contribution is -0.116. The van der Waals surface area contributed by atoms with Gasteiger partial charge in [0.25, 0.3) is 5.91 Å². The van der Waals surface area contributed by atoms with Crippen LogP contribution in [0, 0.1) is 5.82 Å². The normalized spacial score (nSPS) is 10.6. The fourth-order valence-corrected chi connectivity index (χ4v) is 2.41. The molecule has 0 aliphatic carbocycles. The summed E-state index contributed by atoms with van der Waals surface area (Å²) in [6, 6.07) is 10.8. The highest BCUT2D eigenvalue weighted by Gasteiger charge is 2.18. The second-order valence-electron chi connectivity index (χ2n) is 5.36. The minimum absolute atomic E-state index is 0.153. The van der Waals surface area contributed by atoms with Crippen LogP contribution in [0.3, 0.4) is 0 Å². The van der Waals surface area contributed by atoms with E-state index in [-0.39, 0.29) is 12.5 Å². The lowest BCUT2D eigenvalue weighted by Gasteiger charge is -2.17. The van der Waals surface area contributed by atoms with Gasteiger partial charge in [0.1, 0.15) is 5.82 Å². The first kappa shape index (κ1) is 15.7. The summed E-state index contributed by atoms with van der Waals surface area (Å²) in [5.74, 6) is -1.16. The fraction of sp³-hybridized carbons (Fsp3) is 0.118. The zero-order chi connectivity index (χ0) is 17.1. The predicted octanol–water partition coefficient (Wildman–Crippen LogP) is 2.41. The van der Waals surface area contributed by atoms with E-state index in [0.29, 0.717) is 16.8 Å². The molecule has 0 bridgehead atoms. The van der Waals surface area contributed by atoms with Crippen molar-refractivity contribution in [3.05, 3.63) is 60.0 Å². The summed E-state index contributed by atoms with van der Waals surface area (Å²) in [4.78, 5) is 25.9. The van der Waals surface area contributed by atoms with Crippen molar-refractivity contribution in [2.24, 2.45) is 0 Å². The predicted molar refractivity (Wildman–Crippen MR) is 88.1 cm³/mol. The summed E-state index contributed by atoms with van der Waals surface area (Å²) in [6.45, 7) is -0.153. The van der Waals surface area contributed by atoms with Gasteiger partial charge in [0, 0.05) is 18.1 Å². The Morgan fingerprint density at radius 3 is 2.83 bits per heavy atom. The molecule has 0 atom stereocenters. The molecular weight excluding hydrogens is 311 g/mol. The van der Waals surface area contributed by atoms with Crippen LogP contribution >= 0.6 is 0 Å². The third-order valence-electron chi connectivity index (χ3n) is 3.54. The van der Waals surface area contributed by atoms with Crippen molar-refractivity contribution in [3.8, 4) is 0 Å². The highest BCUT2D eigenvalue weighted by atomic mass is 19.1. The number of H-pyrrole nitrogens is 1. The molecule has 0 aliphatic heterocycles. The van der Waals surface area contributed by atoms with Gasteiger partial charge >= 0.3 is 0 Å².